The van der Waals surface area contributed by atoms with E-state index in [0.29, 0.717) is 0 Å². The molecule has 0 fully saturated rings. The first-order valence-corrected chi connectivity index (χ1v) is 4.32. The fourth-order valence-corrected chi connectivity index (χ4v) is 1.32. The van der Waals surface area contributed by atoms with Crippen LogP contribution in [0.5, 0.6) is 0 Å². The average molecular weight is 163 g/mol. The fourth-order valence-electron chi connectivity index (χ4n) is 0.871. The molecule has 0 saturated carbocycles. The first kappa shape index (κ1) is 8.16. The van der Waals surface area contributed by atoms with Crippen molar-refractivity contribution < 1.29 is 0 Å². The van der Waals surface area contributed by atoms with E-state index in [2.05, 4.69) is 5.40 Å². The maximum absolute atomic E-state index is 8.41. The summed E-state index contributed by atoms with van der Waals surface area (Å²) < 4.78 is 0. The van der Waals surface area contributed by atoms with E-state index < -0.39 is 0 Å². The molecular formula is C9H9NS. The van der Waals surface area contributed by atoms with E-state index in [9.17, 15) is 0 Å². The maximum atomic E-state index is 8.41. The van der Waals surface area contributed by atoms with E-state index in [4.69, 9.17) is 5.26 Å². The first-order valence-electron chi connectivity index (χ1n) is 3.44. The Balaban J connectivity index is 2.70. The van der Waals surface area contributed by atoms with Crippen LogP contribution < -0.4 is 0 Å². The lowest BCUT2D eigenvalue weighted by Crippen LogP contribution is -1.84. The van der Waals surface area contributed by atoms with Crippen LogP contribution in [-0.2, 0) is 0 Å². The van der Waals surface area contributed by atoms with Gasteiger partial charge in [-0.05, 0) is 24.2 Å². The van der Waals surface area contributed by atoms with E-state index in [1.165, 1.54) is 17.3 Å². The molecule has 56 valence electrons. The Bertz CT molecular complexity index is 250. The van der Waals surface area contributed by atoms with Gasteiger partial charge in [-0.15, -0.1) is 0 Å². The highest BCUT2D eigenvalue weighted by Gasteiger charge is 2.02. The van der Waals surface area contributed by atoms with Gasteiger partial charge in [0.25, 0.3) is 0 Å². The second kappa shape index (κ2) is 4.05. The van der Waals surface area contributed by atoms with Crippen LogP contribution >= 0.6 is 11.8 Å². The van der Waals surface area contributed by atoms with Crippen molar-refractivity contribution in [2.75, 3.05) is 0 Å². The van der Waals surface area contributed by atoms with Crippen molar-refractivity contribution in [3.63, 3.8) is 0 Å². The number of hydrogen-bond donors (Lipinski definition) is 0. The van der Waals surface area contributed by atoms with Crippen LogP contribution in [0.1, 0.15) is 17.7 Å². The zero-order valence-corrected chi connectivity index (χ0v) is 7.14. The van der Waals surface area contributed by atoms with Crippen LogP contribution in [0, 0.1) is 10.7 Å². The molecule has 1 aromatic carbocycles. The maximum Gasteiger partial charge on any atom is 0.133 e. The minimum absolute atomic E-state index is 0.279. The zero-order chi connectivity index (χ0) is 8.10. The molecular weight excluding hydrogens is 154 g/mol. The lowest BCUT2D eigenvalue weighted by Gasteiger charge is -2.04. The average Bonchev–Trinajstić information content (AvgIpc) is 2.07. The van der Waals surface area contributed by atoms with Gasteiger partial charge in [0.1, 0.15) is 5.40 Å². The van der Waals surface area contributed by atoms with Gasteiger partial charge in [-0.1, -0.05) is 30.3 Å². The van der Waals surface area contributed by atoms with Crippen LogP contribution in [0.25, 0.3) is 0 Å². The second-order valence-corrected chi connectivity index (χ2v) is 3.39. The summed E-state index contributed by atoms with van der Waals surface area (Å²) in [7, 11) is 0. The van der Waals surface area contributed by atoms with Gasteiger partial charge < -0.3 is 0 Å². The van der Waals surface area contributed by atoms with Crippen molar-refractivity contribution >= 4 is 11.8 Å². The van der Waals surface area contributed by atoms with Gasteiger partial charge >= 0.3 is 0 Å². The van der Waals surface area contributed by atoms with E-state index in [0.717, 1.165) is 0 Å². The normalized spacial score (nSPS) is 12.0. The number of rotatable bonds is 2. The molecule has 1 rings (SSSR count). The summed E-state index contributed by atoms with van der Waals surface area (Å²) in [5.41, 5.74) is 1.21. The Morgan fingerprint density at radius 2 is 2.00 bits per heavy atom. The van der Waals surface area contributed by atoms with Crippen molar-refractivity contribution in [1.82, 2.24) is 0 Å². The van der Waals surface area contributed by atoms with Crippen LogP contribution in [0.3, 0.4) is 0 Å². The molecule has 0 heterocycles. The molecule has 0 unspecified atom stereocenters. The molecule has 0 amide bonds. The SMILES string of the molecule is C[C@H](SC#N)c1ccccc1. The monoisotopic (exact) mass is 163 g/mol. The van der Waals surface area contributed by atoms with Gasteiger partial charge in [0.2, 0.25) is 0 Å². The van der Waals surface area contributed by atoms with E-state index in [1.54, 1.807) is 0 Å². The van der Waals surface area contributed by atoms with E-state index in [-0.39, 0.29) is 5.25 Å². The van der Waals surface area contributed by atoms with Crippen molar-refractivity contribution in [2.45, 2.75) is 12.2 Å². The van der Waals surface area contributed by atoms with Gasteiger partial charge in [0.15, 0.2) is 0 Å². The summed E-state index contributed by atoms with van der Waals surface area (Å²) in [4.78, 5) is 0. The standard InChI is InChI=1S/C9H9NS/c1-8(11-7-10)9-5-3-2-4-6-9/h2-6,8H,1H3/t8-/m0/s1. The molecule has 2 heteroatoms. The zero-order valence-electron chi connectivity index (χ0n) is 6.32. The molecule has 0 aromatic heterocycles. The molecule has 11 heavy (non-hydrogen) atoms. The van der Waals surface area contributed by atoms with Gasteiger partial charge in [0.05, 0.1) is 0 Å². The van der Waals surface area contributed by atoms with Crippen LogP contribution in [0.15, 0.2) is 30.3 Å². The minimum Gasteiger partial charge on any atom is -0.185 e. The number of nitrogens with zero attached hydrogens (tertiary/aromatic N) is 1. The van der Waals surface area contributed by atoms with Gasteiger partial charge in [-0.25, -0.2) is 0 Å². The predicted octanol–water partition coefficient (Wildman–Crippen LogP) is 2.96. The summed E-state index contributed by atoms with van der Waals surface area (Å²) in [6.45, 7) is 2.03. The lowest BCUT2D eigenvalue weighted by molar-refractivity contribution is 1.11. The minimum atomic E-state index is 0.279. The Morgan fingerprint density at radius 3 is 2.55 bits per heavy atom. The third-order valence-electron chi connectivity index (χ3n) is 1.50. The largest absolute Gasteiger partial charge is 0.185 e. The van der Waals surface area contributed by atoms with Gasteiger partial charge in [0, 0.05) is 5.25 Å². The number of benzene rings is 1. The molecule has 0 N–H and O–H groups in total. The van der Waals surface area contributed by atoms with Crippen LogP contribution in [-0.4, -0.2) is 0 Å². The predicted molar refractivity (Wildman–Crippen MR) is 48.1 cm³/mol. The van der Waals surface area contributed by atoms with E-state index >= 15 is 0 Å². The Morgan fingerprint density at radius 1 is 1.36 bits per heavy atom. The second-order valence-electron chi connectivity index (χ2n) is 2.26. The van der Waals surface area contributed by atoms with Crippen LogP contribution in [0.4, 0.5) is 0 Å². The molecule has 1 aromatic rings. The summed E-state index contributed by atoms with van der Waals surface area (Å²) >= 11 is 1.29. The lowest BCUT2D eigenvalue weighted by atomic mass is 10.2. The molecule has 0 saturated heterocycles. The highest BCUT2D eigenvalue weighted by atomic mass is 32.2. The van der Waals surface area contributed by atoms with Crippen molar-refractivity contribution in [3.05, 3.63) is 35.9 Å². The van der Waals surface area contributed by atoms with E-state index in [1.807, 2.05) is 37.3 Å². The van der Waals surface area contributed by atoms with Crippen molar-refractivity contribution in [2.24, 2.45) is 0 Å². The first-order chi connectivity index (χ1) is 5.34. The molecule has 0 spiro atoms. The number of thioether (sulfide) groups is 1. The molecule has 0 aliphatic carbocycles. The highest BCUT2D eigenvalue weighted by Crippen LogP contribution is 2.26. The van der Waals surface area contributed by atoms with Crippen molar-refractivity contribution in [3.8, 4) is 5.40 Å². The topological polar surface area (TPSA) is 23.8 Å². The van der Waals surface area contributed by atoms with Gasteiger partial charge in [-0.3, -0.25) is 0 Å². The number of nitriles is 1. The molecule has 0 radical (unpaired) electrons. The summed E-state index contributed by atoms with van der Waals surface area (Å²) in [6, 6.07) is 10.0. The quantitative estimate of drug-likeness (QED) is 0.626. The fraction of sp³-hybridized carbons (Fsp3) is 0.222. The van der Waals surface area contributed by atoms with Crippen molar-refractivity contribution in [1.29, 1.82) is 5.26 Å². The summed E-state index contributed by atoms with van der Waals surface area (Å²) in [5, 5.41) is 10.8. The smallest absolute Gasteiger partial charge is 0.133 e. The molecule has 0 bridgehead atoms. The molecule has 0 aliphatic heterocycles. The number of thiocyanates is 1. The number of hydrogen-bond acceptors (Lipinski definition) is 2. The Hall–Kier alpha value is -0.940. The molecule has 1 atom stereocenters. The van der Waals surface area contributed by atoms with Crippen LogP contribution in [0.2, 0.25) is 0 Å². The molecule has 0 aliphatic rings. The Labute approximate surface area is 71.0 Å². The summed E-state index contributed by atoms with van der Waals surface area (Å²) in [5.74, 6) is 0. The highest BCUT2D eigenvalue weighted by molar-refractivity contribution is 8.03. The Kier molecular flexibility index (Phi) is 3.00. The third-order valence-corrected chi connectivity index (χ3v) is 2.23. The third kappa shape index (κ3) is 2.28. The summed E-state index contributed by atoms with van der Waals surface area (Å²) in [6.07, 6.45) is 0. The molecule has 1 nitrogen and oxygen atoms in total. The van der Waals surface area contributed by atoms with Gasteiger partial charge in [-0.2, -0.15) is 5.26 Å².